The van der Waals surface area contributed by atoms with Crippen molar-refractivity contribution >= 4 is 11.6 Å². The molecular formula is C18H23F3N6O3. The summed E-state index contributed by atoms with van der Waals surface area (Å²) in [5.74, 6) is 0.121. The van der Waals surface area contributed by atoms with E-state index in [1.165, 1.54) is 12.1 Å². The lowest BCUT2D eigenvalue weighted by atomic mass is 10.1. The molecule has 0 spiro atoms. The zero-order chi connectivity index (χ0) is 21.7. The average molecular weight is 428 g/mol. The van der Waals surface area contributed by atoms with Crippen LogP contribution in [0.25, 0.3) is 11.4 Å². The van der Waals surface area contributed by atoms with Crippen LogP contribution >= 0.6 is 0 Å². The van der Waals surface area contributed by atoms with E-state index in [-0.39, 0.29) is 35.5 Å². The predicted molar refractivity (Wildman–Crippen MR) is 102 cm³/mol. The van der Waals surface area contributed by atoms with Gasteiger partial charge in [0.1, 0.15) is 6.04 Å². The van der Waals surface area contributed by atoms with Gasteiger partial charge in [-0.15, -0.1) is 0 Å². The van der Waals surface area contributed by atoms with Crippen molar-refractivity contribution in [2.45, 2.75) is 37.9 Å². The number of aliphatic hydroxyl groups excluding tert-OH is 1. The number of hydrogen-bond donors (Lipinski definition) is 4. The van der Waals surface area contributed by atoms with Gasteiger partial charge in [0.15, 0.2) is 0 Å². The summed E-state index contributed by atoms with van der Waals surface area (Å²) in [6.45, 7) is 0.828. The molecule has 1 aromatic carbocycles. The Balaban J connectivity index is 1.84. The number of unbranched alkanes of at least 4 members (excludes halogenated alkanes) is 1. The number of anilines is 1. The highest BCUT2D eigenvalue weighted by atomic mass is 19.4. The SMILES string of the molecule is N/C(=N\O)N1CCC[C@H]1c1nc(-c2ccc(NCCCCO)c(C(F)(F)F)c2)no1. The van der Waals surface area contributed by atoms with Gasteiger partial charge in [0, 0.05) is 30.9 Å². The average Bonchev–Trinajstić information content (AvgIpc) is 3.39. The Morgan fingerprint density at radius 1 is 1.37 bits per heavy atom. The third kappa shape index (κ3) is 4.75. The molecule has 3 rings (SSSR count). The highest BCUT2D eigenvalue weighted by molar-refractivity contribution is 5.78. The van der Waals surface area contributed by atoms with Crippen LogP contribution in [0.4, 0.5) is 18.9 Å². The summed E-state index contributed by atoms with van der Waals surface area (Å²) in [6, 6.07) is 3.37. The number of nitrogens with one attached hydrogen (secondary N) is 1. The molecule has 1 fully saturated rings. The van der Waals surface area contributed by atoms with Crippen LogP contribution in [0, 0.1) is 0 Å². The summed E-state index contributed by atoms with van der Waals surface area (Å²) < 4.78 is 45.9. The van der Waals surface area contributed by atoms with E-state index >= 15 is 0 Å². The minimum atomic E-state index is -4.57. The zero-order valence-electron chi connectivity index (χ0n) is 16.1. The van der Waals surface area contributed by atoms with Gasteiger partial charge in [-0.1, -0.05) is 10.3 Å². The topological polar surface area (TPSA) is 133 Å². The minimum absolute atomic E-state index is 0.0128. The standard InChI is InChI=1S/C18H23F3N6O3/c19-18(20,21)12-10-11(5-6-13(12)23-7-1-2-9-28)15-24-16(30-26-15)14-4-3-8-27(14)17(22)25-29/h5-6,10,14,23,28-29H,1-4,7-9H2,(H2,22,25)/t14-/m0/s1. The van der Waals surface area contributed by atoms with Crippen LogP contribution < -0.4 is 11.1 Å². The molecular weight excluding hydrogens is 405 g/mol. The molecule has 2 aromatic rings. The number of nitrogens with zero attached hydrogens (tertiary/aromatic N) is 4. The van der Waals surface area contributed by atoms with Crippen LogP contribution in [0.5, 0.6) is 0 Å². The van der Waals surface area contributed by atoms with E-state index in [0.29, 0.717) is 32.4 Å². The Hall–Kier alpha value is -3.02. The first-order valence-corrected chi connectivity index (χ1v) is 9.49. The van der Waals surface area contributed by atoms with Crippen LogP contribution in [0.2, 0.25) is 0 Å². The predicted octanol–water partition coefficient (Wildman–Crippen LogP) is 2.78. The molecule has 1 aliphatic heterocycles. The molecule has 0 amide bonds. The smallest absolute Gasteiger partial charge is 0.408 e. The van der Waals surface area contributed by atoms with Crippen molar-refractivity contribution < 1.29 is 28.0 Å². The molecule has 1 saturated heterocycles. The summed E-state index contributed by atoms with van der Waals surface area (Å²) in [4.78, 5) is 5.84. The molecule has 0 unspecified atom stereocenters. The van der Waals surface area contributed by atoms with Crippen LogP contribution in [0.3, 0.4) is 0 Å². The molecule has 0 saturated carbocycles. The molecule has 1 atom stereocenters. The summed E-state index contributed by atoms with van der Waals surface area (Å²) in [7, 11) is 0. The van der Waals surface area contributed by atoms with E-state index in [4.69, 9.17) is 20.6 Å². The van der Waals surface area contributed by atoms with Gasteiger partial charge in [-0.25, -0.2) is 0 Å². The molecule has 164 valence electrons. The summed E-state index contributed by atoms with van der Waals surface area (Å²) in [5, 5.41) is 27.2. The number of guanidine groups is 1. The van der Waals surface area contributed by atoms with Crippen molar-refractivity contribution in [3.8, 4) is 11.4 Å². The number of aliphatic hydroxyl groups is 1. The van der Waals surface area contributed by atoms with Crippen LogP contribution in [-0.2, 0) is 6.18 Å². The number of rotatable bonds is 7. The van der Waals surface area contributed by atoms with Crippen molar-refractivity contribution in [1.82, 2.24) is 15.0 Å². The number of benzene rings is 1. The van der Waals surface area contributed by atoms with E-state index in [9.17, 15) is 13.2 Å². The normalized spacial score (nSPS) is 17.5. The molecule has 0 bridgehead atoms. The van der Waals surface area contributed by atoms with Gasteiger partial charge >= 0.3 is 6.18 Å². The Bertz CT molecular complexity index is 886. The van der Waals surface area contributed by atoms with E-state index in [2.05, 4.69) is 20.6 Å². The number of likely N-dealkylation sites (tertiary alicyclic amines) is 1. The number of oxime groups is 1. The Morgan fingerprint density at radius 3 is 2.87 bits per heavy atom. The van der Waals surface area contributed by atoms with Crippen molar-refractivity contribution in [3.63, 3.8) is 0 Å². The van der Waals surface area contributed by atoms with Gasteiger partial charge in [-0.2, -0.15) is 18.2 Å². The highest BCUT2D eigenvalue weighted by Gasteiger charge is 2.35. The minimum Gasteiger partial charge on any atom is -0.408 e. The molecule has 9 nitrogen and oxygen atoms in total. The fourth-order valence-electron chi connectivity index (χ4n) is 3.37. The Morgan fingerprint density at radius 2 is 2.17 bits per heavy atom. The van der Waals surface area contributed by atoms with Gasteiger partial charge in [0.2, 0.25) is 17.7 Å². The monoisotopic (exact) mass is 428 g/mol. The summed E-state index contributed by atoms with van der Waals surface area (Å²) in [6.07, 6.45) is -2.14. The second kappa shape index (κ2) is 9.20. The molecule has 1 aromatic heterocycles. The van der Waals surface area contributed by atoms with Crippen molar-refractivity contribution in [3.05, 3.63) is 29.7 Å². The van der Waals surface area contributed by atoms with Crippen molar-refractivity contribution in [2.24, 2.45) is 10.9 Å². The molecule has 1 aliphatic rings. The van der Waals surface area contributed by atoms with Crippen LogP contribution in [0.1, 0.15) is 43.2 Å². The van der Waals surface area contributed by atoms with E-state index < -0.39 is 17.8 Å². The van der Waals surface area contributed by atoms with Crippen LogP contribution in [-0.4, -0.2) is 51.0 Å². The van der Waals surface area contributed by atoms with E-state index in [0.717, 1.165) is 12.5 Å². The molecule has 30 heavy (non-hydrogen) atoms. The largest absolute Gasteiger partial charge is 0.418 e. The Labute approximate surface area is 170 Å². The number of nitrogens with two attached hydrogens (primary N) is 1. The maximum atomic E-state index is 13.5. The fraction of sp³-hybridized carbons (Fsp3) is 0.500. The first kappa shape index (κ1) is 21.7. The van der Waals surface area contributed by atoms with E-state index in [1.54, 1.807) is 4.90 Å². The maximum absolute atomic E-state index is 13.5. The number of alkyl halides is 3. The van der Waals surface area contributed by atoms with Gasteiger partial charge in [0.25, 0.3) is 0 Å². The maximum Gasteiger partial charge on any atom is 0.418 e. The second-order valence-electron chi connectivity index (χ2n) is 6.88. The first-order chi connectivity index (χ1) is 14.3. The van der Waals surface area contributed by atoms with Gasteiger partial charge in [-0.3, -0.25) is 0 Å². The zero-order valence-corrected chi connectivity index (χ0v) is 16.1. The summed E-state index contributed by atoms with van der Waals surface area (Å²) in [5.41, 5.74) is 4.92. The van der Waals surface area contributed by atoms with Gasteiger partial charge < -0.3 is 30.8 Å². The second-order valence-corrected chi connectivity index (χ2v) is 6.88. The molecule has 5 N–H and O–H groups in total. The van der Waals surface area contributed by atoms with Gasteiger partial charge in [-0.05, 0) is 43.9 Å². The lowest BCUT2D eigenvalue weighted by molar-refractivity contribution is -0.136. The number of halogens is 3. The van der Waals surface area contributed by atoms with Crippen molar-refractivity contribution in [1.29, 1.82) is 0 Å². The lowest BCUT2D eigenvalue weighted by Gasteiger charge is -2.21. The third-order valence-electron chi connectivity index (χ3n) is 4.86. The first-order valence-electron chi connectivity index (χ1n) is 9.49. The lowest BCUT2D eigenvalue weighted by Crippen LogP contribution is -2.36. The van der Waals surface area contributed by atoms with Crippen LogP contribution in [0.15, 0.2) is 27.9 Å². The molecule has 0 radical (unpaired) electrons. The molecule has 2 heterocycles. The third-order valence-corrected chi connectivity index (χ3v) is 4.86. The fourth-order valence-corrected chi connectivity index (χ4v) is 3.37. The number of hydrogen-bond acceptors (Lipinski definition) is 7. The number of aromatic nitrogens is 2. The molecule has 12 heteroatoms. The van der Waals surface area contributed by atoms with Crippen molar-refractivity contribution in [2.75, 3.05) is 25.0 Å². The summed E-state index contributed by atoms with van der Waals surface area (Å²) >= 11 is 0. The van der Waals surface area contributed by atoms with Gasteiger partial charge in [0.05, 0.1) is 5.56 Å². The highest BCUT2D eigenvalue weighted by Crippen LogP contribution is 2.38. The van der Waals surface area contributed by atoms with E-state index in [1.807, 2.05) is 0 Å². The Kier molecular flexibility index (Phi) is 6.65. The quantitative estimate of drug-likeness (QED) is 0.174. The molecule has 0 aliphatic carbocycles.